The number of aromatic amines is 2. The predicted molar refractivity (Wildman–Crippen MR) is 174 cm³/mol. The summed E-state index contributed by atoms with van der Waals surface area (Å²) in [4.78, 5) is 17.1. The quantitative estimate of drug-likeness (QED) is 0.187. The Bertz CT molecular complexity index is 1780. The lowest BCUT2D eigenvalue weighted by atomic mass is 9.94. The summed E-state index contributed by atoms with van der Waals surface area (Å²) in [5.41, 5.74) is 7.97. The summed E-state index contributed by atoms with van der Waals surface area (Å²) < 4.78 is 13.4. The number of para-hydroxylation sites is 1. The van der Waals surface area contributed by atoms with Gasteiger partial charge in [-0.25, -0.2) is 4.98 Å². The van der Waals surface area contributed by atoms with E-state index in [4.69, 9.17) is 14.1 Å². The van der Waals surface area contributed by atoms with Crippen molar-refractivity contribution in [1.29, 1.82) is 0 Å². The molecule has 2 atom stereocenters. The summed E-state index contributed by atoms with van der Waals surface area (Å²) in [5.74, 6) is 2.54. The first-order valence-electron chi connectivity index (χ1n) is 15.4. The zero-order valence-corrected chi connectivity index (χ0v) is 24.8. The number of ether oxygens (including phenoxy) is 1. The predicted octanol–water partition coefficient (Wildman–Crippen LogP) is 7.69. The van der Waals surface area contributed by atoms with Gasteiger partial charge in [0.1, 0.15) is 12.0 Å². The van der Waals surface area contributed by atoms with Crippen LogP contribution in [0.1, 0.15) is 38.0 Å². The van der Waals surface area contributed by atoms with Gasteiger partial charge in [0.25, 0.3) is 11.6 Å². The van der Waals surface area contributed by atoms with Crippen molar-refractivity contribution in [1.82, 2.24) is 15.0 Å². The highest BCUT2D eigenvalue weighted by Crippen LogP contribution is 2.62. The van der Waals surface area contributed by atoms with Gasteiger partial charge in [0.15, 0.2) is 5.75 Å². The average molecular weight is 591 g/mol. The van der Waals surface area contributed by atoms with Crippen molar-refractivity contribution < 1.29 is 9.15 Å². The Labute approximate surface area is 254 Å². The fourth-order valence-corrected chi connectivity index (χ4v) is 8.79. The van der Waals surface area contributed by atoms with E-state index >= 15 is 0 Å². The highest BCUT2D eigenvalue weighted by molar-refractivity contribution is 8.00. The number of benzene rings is 2. The highest BCUT2D eigenvalue weighted by atomic mass is 32.2. The lowest BCUT2D eigenvalue weighted by Crippen LogP contribution is -2.46. The average Bonchev–Trinajstić information content (AvgIpc) is 3.89. The molecule has 43 heavy (non-hydrogen) atoms. The standard InChI is InChI=1S/C34H34N6O2S/c1-2-10-23-22(9-1)21-25(37-23)27-28(24-11-7-13-35-24)32-29(31(40-17-5-6-18-40)30(27)39-15-3-4-16-39)38-34(42-32,26-12-8-20-43-26)33-36-14-19-41-33/h1-3,7,9-11,13-15,19,21,26,35,37-38H,4-6,8,12,16-18,20H2. The van der Waals surface area contributed by atoms with Crippen molar-refractivity contribution in [3.63, 3.8) is 0 Å². The number of thioether (sulfide) groups is 1. The van der Waals surface area contributed by atoms with Gasteiger partial charge in [-0.05, 0) is 62.1 Å². The fourth-order valence-electron chi connectivity index (χ4n) is 7.40. The molecule has 2 aromatic carbocycles. The number of H-pyrrole nitrogens is 2. The Morgan fingerprint density at radius 1 is 0.977 bits per heavy atom. The summed E-state index contributed by atoms with van der Waals surface area (Å²) in [6, 6.07) is 15.0. The molecule has 3 N–H and O–H groups in total. The maximum atomic E-state index is 7.35. The molecular formula is C34H34N6O2S. The number of rotatable bonds is 6. The molecule has 4 aliphatic rings. The number of fused-ring (bicyclic) bond motifs is 2. The molecule has 7 heterocycles. The lowest BCUT2D eigenvalue weighted by molar-refractivity contribution is 0.0811. The number of hydrogen-bond acceptors (Lipinski definition) is 7. The van der Waals surface area contributed by atoms with E-state index in [1.54, 1.807) is 12.5 Å². The minimum Gasteiger partial charge on any atom is -0.455 e. The van der Waals surface area contributed by atoms with Gasteiger partial charge in [-0.2, -0.15) is 11.8 Å². The van der Waals surface area contributed by atoms with Crippen molar-refractivity contribution in [2.75, 3.05) is 40.5 Å². The van der Waals surface area contributed by atoms with E-state index in [9.17, 15) is 0 Å². The van der Waals surface area contributed by atoms with Crippen molar-refractivity contribution in [3.8, 4) is 28.3 Å². The van der Waals surface area contributed by atoms with Crippen molar-refractivity contribution in [3.05, 3.63) is 79.3 Å². The van der Waals surface area contributed by atoms with Crippen LogP contribution >= 0.6 is 11.8 Å². The lowest BCUT2D eigenvalue weighted by Gasteiger charge is -2.32. The Balaban J connectivity index is 1.39. The van der Waals surface area contributed by atoms with Crippen LogP contribution in [-0.4, -0.2) is 45.6 Å². The van der Waals surface area contributed by atoms with Crippen LogP contribution < -0.4 is 19.9 Å². The molecule has 9 rings (SSSR count). The molecule has 0 bridgehead atoms. The highest BCUT2D eigenvalue weighted by Gasteiger charge is 2.55. The molecule has 2 fully saturated rings. The first-order chi connectivity index (χ1) is 21.3. The number of aromatic nitrogens is 3. The molecule has 9 heteroatoms. The van der Waals surface area contributed by atoms with E-state index in [0.717, 1.165) is 84.1 Å². The molecule has 0 spiro atoms. The van der Waals surface area contributed by atoms with Crippen LogP contribution in [0.5, 0.6) is 5.75 Å². The molecule has 218 valence electrons. The van der Waals surface area contributed by atoms with Gasteiger partial charge in [0, 0.05) is 59.9 Å². The molecular weight excluding hydrogens is 556 g/mol. The van der Waals surface area contributed by atoms with E-state index in [2.05, 4.69) is 79.8 Å². The number of nitrogens with zero attached hydrogens (tertiary/aromatic N) is 3. The molecule has 2 unspecified atom stereocenters. The summed E-state index contributed by atoms with van der Waals surface area (Å²) >= 11 is 1.95. The first-order valence-corrected chi connectivity index (χ1v) is 16.5. The smallest absolute Gasteiger partial charge is 0.269 e. The van der Waals surface area contributed by atoms with Crippen LogP contribution in [-0.2, 0) is 5.72 Å². The summed E-state index contributed by atoms with van der Waals surface area (Å²) in [6.07, 6.45) is 15.5. The second kappa shape index (κ2) is 9.91. The van der Waals surface area contributed by atoms with Crippen molar-refractivity contribution in [2.24, 2.45) is 0 Å². The van der Waals surface area contributed by atoms with Gasteiger partial charge in [-0.1, -0.05) is 24.3 Å². The van der Waals surface area contributed by atoms with E-state index in [1.165, 1.54) is 29.6 Å². The third kappa shape index (κ3) is 3.87. The Hall–Kier alpha value is -4.24. The largest absolute Gasteiger partial charge is 0.455 e. The van der Waals surface area contributed by atoms with Crippen LogP contribution in [0.3, 0.4) is 0 Å². The third-order valence-electron chi connectivity index (χ3n) is 9.31. The number of nitrogens with one attached hydrogen (secondary N) is 3. The molecule has 2 saturated heterocycles. The summed E-state index contributed by atoms with van der Waals surface area (Å²) in [6.45, 7) is 2.95. The Morgan fingerprint density at radius 2 is 1.91 bits per heavy atom. The molecule has 0 radical (unpaired) electrons. The number of anilines is 3. The van der Waals surface area contributed by atoms with Gasteiger partial charge >= 0.3 is 0 Å². The first kappa shape index (κ1) is 25.3. The normalized spacial score (nSPS) is 22.9. The van der Waals surface area contributed by atoms with Gasteiger partial charge in [0.05, 0.1) is 28.4 Å². The van der Waals surface area contributed by atoms with E-state index in [0.29, 0.717) is 5.89 Å². The van der Waals surface area contributed by atoms with Crippen molar-refractivity contribution >= 4 is 39.7 Å². The van der Waals surface area contributed by atoms with Gasteiger partial charge in [0.2, 0.25) is 0 Å². The summed E-state index contributed by atoms with van der Waals surface area (Å²) in [7, 11) is 0. The topological polar surface area (TPSA) is 85.4 Å². The molecule has 8 nitrogen and oxygen atoms in total. The summed E-state index contributed by atoms with van der Waals surface area (Å²) in [5, 5.41) is 5.35. The fraction of sp³-hybridized carbons (Fsp3) is 0.324. The van der Waals surface area contributed by atoms with Crippen molar-refractivity contribution in [2.45, 2.75) is 43.1 Å². The zero-order valence-electron chi connectivity index (χ0n) is 23.9. The van der Waals surface area contributed by atoms with Gasteiger partial charge < -0.3 is 34.2 Å². The van der Waals surface area contributed by atoms with E-state index in [1.807, 2.05) is 18.0 Å². The second-order valence-electron chi connectivity index (χ2n) is 11.9. The number of hydrogen-bond donors (Lipinski definition) is 3. The second-order valence-corrected chi connectivity index (χ2v) is 13.2. The minimum atomic E-state index is -0.903. The third-order valence-corrected chi connectivity index (χ3v) is 10.8. The molecule has 3 aromatic heterocycles. The maximum Gasteiger partial charge on any atom is 0.269 e. The molecule has 4 aliphatic heterocycles. The van der Waals surface area contributed by atoms with Crippen LogP contribution in [0.2, 0.25) is 0 Å². The van der Waals surface area contributed by atoms with E-state index in [-0.39, 0.29) is 5.25 Å². The Morgan fingerprint density at radius 3 is 2.65 bits per heavy atom. The molecule has 5 aromatic rings. The maximum absolute atomic E-state index is 7.35. The van der Waals surface area contributed by atoms with Crippen LogP contribution in [0.25, 0.3) is 33.4 Å². The van der Waals surface area contributed by atoms with Crippen LogP contribution in [0, 0.1) is 0 Å². The van der Waals surface area contributed by atoms with Gasteiger partial charge in [-0.3, -0.25) is 0 Å². The van der Waals surface area contributed by atoms with Crippen LogP contribution in [0.15, 0.2) is 77.8 Å². The molecule has 0 aliphatic carbocycles. The van der Waals surface area contributed by atoms with E-state index < -0.39 is 5.72 Å². The number of oxazole rings is 1. The molecule has 0 amide bonds. The monoisotopic (exact) mass is 590 g/mol. The SMILES string of the molecule is C1=CN(c2c(-c3cc4ccccc4[nH]3)c(-c3ccc[nH]3)c3c(c2N2CCCC2)NC(c2ncco2)(C2CCCS2)O3)CC1. The van der Waals surface area contributed by atoms with Gasteiger partial charge in [-0.15, -0.1) is 0 Å². The van der Waals surface area contributed by atoms with Crippen LogP contribution in [0.4, 0.5) is 17.1 Å². The minimum absolute atomic E-state index is 0.160. The zero-order chi connectivity index (χ0) is 28.4. The Kier molecular flexibility index (Phi) is 5.82. The molecule has 0 saturated carbocycles.